The highest BCUT2D eigenvalue weighted by Gasteiger charge is 2.18. The van der Waals surface area contributed by atoms with Gasteiger partial charge in [0.1, 0.15) is 11.6 Å². The molecule has 2 aromatic rings. The van der Waals surface area contributed by atoms with Crippen molar-refractivity contribution in [2.45, 2.75) is 39.8 Å². The van der Waals surface area contributed by atoms with Crippen LogP contribution < -0.4 is 10.5 Å². The molecule has 6 nitrogen and oxygen atoms in total. The van der Waals surface area contributed by atoms with Crippen molar-refractivity contribution >= 4 is 5.69 Å². The van der Waals surface area contributed by atoms with Crippen molar-refractivity contribution in [3.05, 3.63) is 34.9 Å². The molecule has 0 amide bonds. The second kappa shape index (κ2) is 5.73. The van der Waals surface area contributed by atoms with Crippen molar-refractivity contribution in [1.82, 2.24) is 14.8 Å². The van der Waals surface area contributed by atoms with Crippen LogP contribution in [-0.2, 0) is 30.7 Å². The Kier molecular flexibility index (Phi) is 3.79. The van der Waals surface area contributed by atoms with E-state index in [2.05, 4.69) is 23.9 Å². The summed E-state index contributed by atoms with van der Waals surface area (Å²) in [6, 6.07) is 3.84. The summed E-state index contributed by atoms with van der Waals surface area (Å²) < 4.78 is 12.9. The molecule has 1 aromatic heterocycles. The number of hydrogen-bond donors (Lipinski definition) is 1. The van der Waals surface area contributed by atoms with Gasteiger partial charge in [0.25, 0.3) is 0 Å². The van der Waals surface area contributed by atoms with Crippen LogP contribution in [0.4, 0.5) is 5.69 Å². The number of aromatic nitrogens is 3. The molecule has 21 heavy (non-hydrogen) atoms. The molecule has 0 fully saturated rings. The maximum Gasteiger partial charge on any atom is 0.189 e. The summed E-state index contributed by atoms with van der Waals surface area (Å²) in [5.74, 6) is 2.72. The van der Waals surface area contributed by atoms with Crippen molar-refractivity contribution in [2.24, 2.45) is 0 Å². The Morgan fingerprint density at radius 2 is 2.14 bits per heavy atom. The number of nitrogen functional groups attached to an aromatic ring is 1. The van der Waals surface area contributed by atoms with Crippen LogP contribution in [0.1, 0.15) is 36.6 Å². The van der Waals surface area contributed by atoms with Crippen molar-refractivity contribution < 1.29 is 9.47 Å². The predicted molar refractivity (Wildman–Crippen MR) is 79.0 cm³/mol. The maximum absolute atomic E-state index is 5.98. The fourth-order valence-electron chi connectivity index (χ4n) is 2.57. The van der Waals surface area contributed by atoms with Crippen LogP contribution in [-0.4, -0.2) is 21.6 Å². The first-order chi connectivity index (χ1) is 10.2. The average Bonchev–Trinajstić information content (AvgIpc) is 2.89. The minimum Gasteiger partial charge on any atom is -0.467 e. The molecule has 0 saturated heterocycles. The zero-order chi connectivity index (χ0) is 14.8. The third kappa shape index (κ3) is 2.71. The van der Waals surface area contributed by atoms with Gasteiger partial charge in [0.05, 0.1) is 13.2 Å². The first-order valence-electron chi connectivity index (χ1n) is 7.25. The maximum atomic E-state index is 5.98. The van der Waals surface area contributed by atoms with Gasteiger partial charge in [-0.25, -0.2) is 9.67 Å². The molecule has 3 rings (SSSR count). The summed E-state index contributed by atoms with van der Waals surface area (Å²) in [6.07, 6.45) is 1.68. The molecule has 0 saturated carbocycles. The number of fused-ring (bicyclic) bond motifs is 1. The van der Waals surface area contributed by atoms with E-state index in [1.165, 1.54) is 0 Å². The summed E-state index contributed by atoms with van der Waals surface area (Å²) >= 11 is 0. The van der Waals surface area contributed by atoms with Crippen molar-refractivity contribution in [2.75, 3.05) is 12.5 Å². The van der Waals surface area contributed by atoms with Gasteiger partial charge < -0.3 is 15.2 Å². The SMILES string of the molecule is CCc1nc(CC)n(Cc2cc(N)cc3c2OCOC3)n1. The third-order valence-corrected chi connectivity index (χ3v) is 3.55. The molecule has 0 unspecified atom stereocenters. The van der Waals surface area contributed by atoms with Gasteiger partial charge in [-0.3, -0.25) is 0 Å². The number of aryl methyl sites for hydroxylation is 2. The van der Waals surface area contributed by atoms with Gasteiger partial charge in [0, 0.05) is 29.7 Å². The summed E-state index contributed by atoms with van der Waals surface area (Å²) in [6.45, 7) is 5.57. The molecule has 1 aliphatic rings. The quantitative estimate of drug-likeness (QED) is 0.870. The van der Waals surface area contributed by atoms with E-state index in [0.717, 1.165) is 41.4 Å². The second-order valence-electron chi connectivity index (χ2n) is 5.09. The van der Waals surface area contributed by atoms with Gasteiger partial charge in [-0.1, -0.05) is 13.8 Å². The lowest BCUT2D eigenvalue weighted by Gasteiger charge is -2.21. The van der Waals surface area contributed by atoms with Gasteiger partial charge >= 0.3 is 0 Å². The van der Waals surface area contributed by atoms with E-state index in [-0.39, 0.29) is 6.79 Å². The largest absolute Gasteiger partial charge is 0.467 e. The minimum atomic E-state index is 0.280. The van der Waals surface area contributed by atoms with E-state index in [9.17, 15) is 0 Å². The molecule has 0 radical (unpaired) electrons. The molecule has 6 heteroatoms. The molecular weight excluding hydrogens is 268 g/mol. The Hall–Kier alpha value is -2.08. The number of rotatable bonds is 4. The molecule has 2 N–H and O–H groups in total. The standard InChI is InChI=1S/C15H20N4O2/c1-3-13-17-14(4-2)19(18-13)7-10-5-12(16)6-11-8-20-9-21-15(10)11/h5-6H,3-4,7-9,16H2,1-2H3. The van der Waals surface area contributed by atoms with Crippen molar-refractivity contribution in [1.29, 1.82) is 0 Å². The summed E-state index contributed by atoms with van der Waals surface area (Å²) in [7, 11) is 0. The van der Waals surface area contributed by atoms with Crippen molar-refractivity contribution in [3.8, 4) is 5.75 Å². The molecule has 1 aromatic carbocycles. The van der Waals surface area contributed by atoms with E-state index in [0.29, 0.717) is 18.8 Å². The van der Waals surface area contributed by atoms with Gasteiger partial charge in [-0.05, 0) is 12.1 Å². The highest BCUT2D eigenvalue weighted by molar-refractivity contribution is 5.53. The van der Waals surface area contributed by atoms with E-state index in [1.807, 2.05) is 16.8 Å². The van der Waals surface area contributed by atoms with E-state index in [4.69, 9.17) is 15.2 Å². The van der Waals surface area contributed by atoms with Crippen LogP contribution in [0.5, 0.6) is 5.75 Å². The van der Waals surface area contributed by atoms with Gasteiger partial charge in [-0.2, -0.15) is 5.10 Å². The number of ether oxygens (including phenoxy) is 2. The third-order valence-electron chi connectivity index (χ3n) is 3.55. The fraction of sp³-hybridized carbons (Fsp3) is 0.467. The zero-order valence-corrected chi connectivity index (χ0v) is 12.4. The molecule has 0 atom stereocenters. The first kappa shape index (κ1) is 13.9. The normalized spacial score (nSPS) is 13.8. The van der Waals surface area contributed by atoms with Crippen LogP contribution in [0.2, 0.25) is 0 Å². The highest BCUT2D eigenvalue weighted by atomic mass is 16.7. The number of hydrogen-bond acceptors (Lipinski definition) is 5. The zero-order valence-electron chi connectivity index (χ0n) is 12.4. The van der Waals surface area contributed by atoms with Crippen LogP contribution >= 0.6 is 0 Å². The smallest absolute Gasteiger partial charge is 0.189 e. The summed E-state index contributed by atoms with van der Waals surface area (Å²) in [4.78, 5) is 4.53. The van der Waals surface area contributed by atoms with Crippen LogP contribution in [0, 0.1) is 0 Å². The molecule has 112 valence electrons. The topological polar surface area (TPSA) is 75.2 Å². The number of benzene rings is 1. The molecule has 1 aliphatic heterocycles. The Labute approximate surface area is 123 Å². The Morgan fingerprint density at radius 3 is 2.90 bits per heavy atom. The van der Waals surface area contributed by atoms with Crippen molar-refractivity contribution in [3.63, 3.8) is 0 Å². The Morgan fingerprint density at radius 1 is 1.29 bits per heavy atom. The lowest BCUT2D eigenvalue weighted by Crippen LogP contribution is -2.16. The first-order valence-corrected chi connectivity index (χ1v) is 7.25. The van der Waals surface area contributed by atoms with E-state index >= 15 is 0 Å². The summed E-state index contributed by atoms with van der Waals surface area (Å²) in [5.41, 5.74) is 8.71. The highest BCUT2D eigenvalue weighted by Crippen LogP contribution is 2.31. The fourth-order valence-corrected chi connectivity index (χ4v) is 2.57. The van der Waals surface area contributed by atoms with Crippen LogP contribution in [0.15, 0.2) is 12.1 Å². The predicted octanol–water partition coefficient (Wildman–Crippen LogP) is 1.90. The molecule has 0 aliphatic carbocycles. The second-order valence-corrected chi connectivity index (χ2v) is 5.09. The lowest BCUT2D eigenvalue weighted by molar-refractivity contribution is -0.0170. The molecule has 2 heterocycles. The number of nitrogens with zero attached hydrogens (tertiary/aromatic N) is 3. The van der Waals surface area contributed by atoms with Gasteiger partial charge in [0.2, 0.25) is 0 Å². The monoisotopic (exact) mass is 288 g/mol. The van der Waals surface area contributed by atoms with Gasteiger partial charge in [-0.15, -0.1) is 0 Å². The molecule has 0 spiro atoms. The summed E-state index contributed by atoms with van der Waals surface area (Å²) in [5, 5.41) is 4.55. The van der Waals surface area contributed by atoms with E-state index in [1.54, 1.807) is 0 Å². The molecule has 0 bridgehead atoms. The molecular formula is C15H20N4O2. The van der Waals surface area contributed by atoms with Crippen LogP contribution in [0.25, 0.3) is 0 Å². The lowest BCUT2D eigenvalue weighted by atomic mass is 10.1. The van der Waals surface area contributed by atoms with Gasteiger partial charge in [0.15, 0.2) is 12.6 Å². The van der Waals surface area contributed by atoms with E-state index < -0.39 is 0 Å². The number of nitrogens with two attached hydrogens (primary N) is 1. The van der Waals surface area contributed by atoms with Crippen LogP contribution in [0.3, 0.4) is 0 Å². The number of anilines is 1. The Balaban J connectivity index is 1.98. The average molecular weight is 288 g/mol. The minimum absolute atomic E-state index is 0.280. The Bertz CT molecular complexity index is 651.